The third-order valence-electron chi connectivity index (χ3n) is 4.53. The van der Waals surface area contributed by atoms with Crippen molar-refractivity contribution in [3.05, 3.63) is 95.8 Å². The van der Waals surface area contributed by atoms with Crippen molar-refractivity contribution in [1.82, 2.24) is 4.90 Å². The lowest BCUT2D eigenvalue weighted by Crippen LogP contribution is -2.31. The van der Waals surface area contributed by atoms with E-state index in [0.29, 0.717) is 18.7 Å². The van der Waals surface area contributed by atoms with Gasteiger partial charge in [-0.1, -0.05) is 49.4 Å². The Bertz CT molecular complexity index is 1100. The number of halogens is 1. The largest absolute Gasteiger partial charge is 0.334 e. The minimum absolute atomic E-state index is 0.0487. The minimum Gasteiger partial charge on any atom is -0.334 e. The number of para-hydroxylation sites is 1. The normalized spacial score (nSPS) is 11.1. The topological polar surface area (TPSA) is 66.5 Å². The van der Waals surface area contributed by atoms with Crippen LogP contribution in [0.3, 0.4) is 0 Å². The second-order valence-electron chi connectivity index (χ2n) is 6.82. The number of amides is 1. The Morgan fingerprint density at radius 1 is 0.933 bits per heavy atom. The fraction of sp³-hybridized carbons (Fsp3) is 0.174. The van der Waals surface area contributed by atoms with Gasteiger partial charge in [0.1, 0.15) is 5.82 Å². The maximum absolute atomic E-state index is 13.8. The predicted octanol–water partition coefficient (Wildman–Crippen LogP) is 4.68. The van der Waals surface area contributed by atoms with E-state index in [1.807, 2.05) is 37.3 Å². The van der Waals surface area contributed by atoms with E-state index in [1.54, 1.807) is 4.90 Å². The van der Waals surface area contributed by atoms with Crippen LogP contribution in [0.5, 0.6) is 0 Å². The van der Waals surface area contributed by atoms with Crippen LogP contribution in [0.15, 0.2) is 83.8 Å². The number of rotatable bonds is 8. The molecule has 0 aliphatic heterocycles. The zero-order chi connectivity index (χ0) is 21.6. The number of sulfonamides is 1. The molecule has 3 aromatic rings. The molecule has 0 saturated carbocycles. The monoisotopic (exact) mass is 426 g/mol. The van der Waals surface area contributed by atoms with Gasteiger partial charge in [0.15, 0.2) is 0 Å². The third-order valence-corrected chi connectivity index (χ3v) is 5.91. The molecule has 0 radical (unpaired) electrons. The fourth-order valence-corrected chi connectivity index (χ4v) is 4.10. The zero-order valence-electron chi connectivity index (χ0n) is 16.6. The van der Waals surface area contributed by atoms with Crippen molar-refractivity contribution in [2.45, 2.75) is 24.8 Å². The lowest BCUT2D eigenvalue weighted by molar-refractivity contribution is 0.0743. The number of benzene rings is 3. The smallest absolute Gasteiger partial charge is 0.261 e. The Hall–Kier alpha value is -3.19. The molecular formula is C23H23FN2O3S. The Balaban J connectivity index is 1.77. The van der Waals surface area contributed by atoms with E-state index >= 15 is 0 Å². The Morgan fingerprint density at radius 3 is 2.20 bits per heavy atom. The SMILES string of the molecule is CCCN(Cc1ccccc1)C(=O)c1ccc(S(=O)(=O)Nc2ccccc2F)cc1. The molecular weight excluding hydrogens is 403 g/mol. The van der Waals surface area contributed by atoms with E-state index in [1.165, 1.54) is 48.5 Å². The molecule has 0 aliphatic carbocycles. The number of carbonyl (C=O) groups excluding carboxylic acids is 1. The van der Waals surface area contributed by atoms with Gasteiger partial charge in [-0.2, -0.15) is 0 Å². The third kappa shape index (κ3) is 5.24. The molecule has 0 unspecified atom stereocenters. The molecule has 0 aromatic heterocycles. The number of hydrogen-bond donors (Lipinski definition) is 1. The molecule has 0 saturated heterocycles. The van der Waals surface area contributed by atoms with Crippen molar-refractivity contribution in [2.24, 2.45) is 0 Å². The van der Waals surface area contributed by atoms with Crippen LogP contribution in [0.1, 0.15) is 29.3 Å². The number of anilines is 1. The first kappa shape index (κ1) is 21.5. The summed E-state index contributed by atoms with van der Waals surface area (Å²) < 4.78 is 41.1. The summed E-state index contributed by atoms with van der Waals surface area (Å²) in [6, 6.07) is 20.9. The molecule has 30 heavy (non-hydrogen) atoms. The van der Waals surface area contributed by atoms with Gasteiger partial charge in [-0.05, 0) is 48.4 Å². The summed E-state index contributed by atoms with van der Waals surface area (Å²) in [4.78, 5) is 14.6. The highest BCUT2D eigenvalue weighted by Gasteiger charge is 2.19. The van der Waals surface area contributed by atoms with Crippen LogP contribution in [0.25, 0.3) is 0 Å². The van der Waals surface area contributed by atoms with Gasteiger partial charge in [-0.25, -0.2) is 12.8 Å². The molecule has 0 fully saturated rings. The maximum Gasteiger partial charge on any atom is 0.261 e. The summed E-state index contributed by atoms with van der Waals surface area (Å²) in [5.74, 6) is -0.837. The van der Waals surface area contributed by atoms with Gasteiger partial charge in [0.05, 0.1) is 10.6 Å². The van der Waals surface area contributed by atoms with Gasteiger partial charge in [-0.15, -0.1) is 0 Å². The van der Waals surface area contributed by atoms with E-state index in [-0.39, 0.29) is 16.5 Å². The molecule has 5 nitrogen and oxygen atoms in total. The highest BCUT2D eigenvalue weighted by Crippen LogP contribution is 2.20. The van der Waals surface area contributed by atoms with Crippen molar-refractivity contribution in [1.29, 1.82) is 0 Å². The van der Waals surface area contributed by atoms with Gasteiger partial charge in [0.2, 0.25) is 0 Å². The van der Waals surface area contributed by atoms with Crippen LogP contribution in [0.4, 0.5) is 10.1 Å². The molecule has 0 heterocycles. The van der Waals surface area contributed by atoms with Crippen molar-refractivity contribution in [3.63, 3.8) is 0 Å². The molecule has 3 rings (SSSR count). The second-order valence-corrected chi connectivity index (χ2v) is 8.50. The van der Waals surface area contributed by atoms with Gasteiger partial charge in [0, 0.05) is 18.7 Å². The molecule has 1 amide bonds. The average molecular weight is 427 g/mol. The van der Waals surface area contributed by atoms with Crippen molar-refractivity contribution < 1.29 is 17.6 Å². The molecule has 3 aromatic carbocycles. The van der Waals surface area contributed by atoms with E-state index in [0.717, 1.165) is 12.0 Å². The van der Waals surface area contributed by atoms with Crippen LogP contribution in [0, 0.1) is 5.82 Å². The van der Waals surface area contributed by atoms with Crippen LogP contribution >= 0.6 is 0 Å². The highest BCUT2D eigenvalue weighted by molar-refractivity contribution is 7.92. The molecule has 7 heteroatoms. The summed E-state index contributed by atoms with van der Waals surface area (Å²) in [5.41, 5.74) is 1.28. The average Bonchev–Trinajstić information content (AvgIpc) is 2.75. The number of hydrogen-bond acceptors (Lipinski definition) is 3. The Morgan fingerprint density at radius 2 is 1.57 bits per heavy atom. The zero-order valence-corrected chi connectivity index (χ0v) is 17.4. The summed E-state index contributed by atoms with van der Waals surface area (Å²) in [6.45, 7) is 3.06. The van der Waals surface area contributed by atoms with Crippen molar-refractivity contribution in [3.8, 4) is 0 Å². The van der Waals surface area contributed by atoms with E-state index < -0.39 is 15.8 Å². The molecule has 0 atom stereocenters. The molecule has 0 aliphatic rings. The lowest BCUT2D eigenvalue weighted by atomic mass is 10.1. The Labute approximate surface area is 176 Å². The van der Waals surface area contributed by atoms with Gasteiger partial charge in [-0.3, -0.25) is 9.52 Å². The van der Waals surface area contributed by atoms with Crippen molar-refractivity contribution in [2.75, 3.05) is 11.3 Å². The summed E-state index contributed by atoms with van der Waals surface area (Å²) in [7, 11) is -3.97. The predicted molar refractivity (Wildman–Crippen MR) is 115 cm³/mol. The van der Waals surface area contributed by atoms with Crippen LogP contribution in [-0.2, 0) is 16.6 Å². The standard InChI is InChI=1S/C23H23FN2O3S/c1-2-16-26(17-18-8-4-3-5-9-18)23(27)19-12-14-20(15-13-19)30(28,29)25-22-11-7-6-10-21(22)24/h3-15,25H,2,16-17H2,1H3. The highest BCUT2D eigenvalue weighted by atomic mass is 32.2. The van der Waals surface area contributed by atoms with Crippen LogP contribution in [0.2, 0.25) is 0 Å². The first-order chi connectivity index (χ1) is 14.4. The van der Waals surface area contributed by atoms with Gasteiger partial charge < -0.3 is 4.90 Å². The number of carbonyl (C=O) groups is 1. The van der Waals surface area contributed by atoms with Gasteiger partial charge >= 0.3 is 0 Å². The molecule has 1 N–H and O–H groups in total. The first-order valence-corrected chi connectivity index (χ1v) is 11.1. The molecule has 156 valence electrons. The summed E-state index contributed by atoms with van der Waals surface area (Å²) in [5, 5.41) is 0. The van der Waals surface area contributed by atoms with Crippen LogP contribution in [-0.4, -0.2) is 25.8 Å². The molecule has 0 spiro atoms. The van der Waals surface area contributed by atoms with E-state index in [2.05, 4.69) is 4.72 Å². The van der Waals surface area contributed by atoms with Crippen molar-refractivity contribution >= 4 is 21.6 Å². The van der Waals surface area contributed by atoms with E-state index in [9.17, 15) is 17.6 Å². The number of nitrogens with zero attached hydrogens (tertiary/aromatic N) is 1. The van der Waals surface area contributed by atoms with E-state index in [4.69, 9.17) is 0 Å². The number of nitrogens with one attached hydrogen (secondary N) is 1. The summed E-state index contributed by atoms with van der Waals surface area (Å²) >= 11 is 0. The molecule has 0 bridgehead atoms. The fourth-order valence-electron chi connectivity index (χ4n) is 3.03. The second kappa shape index (κ2) is 9.54. The Kier molecular flexibility index (Phi) is 6.84. The summed E-state index contributed by atoms with van der Waals surface area (Å²) in [6.07, 6.45) is 0.803. The first-order valence-electron chi connectivity index (χ1n) is 9.61. The lowest BCUT2D eigenvalue weighted by Gasteiger charge is -2.22. The van der Waals surface area contributed by atoms with Gasteiger partial charge in [0.25, 0.3) is 15.9 Å². The van der Waals surface area contributed by atoms with Crippen LogP contribution < -0.4 is 4.72 Å². The minimum atomic E-state index is -3.97. The maximum atomic E-state index is 13.8. The quantitative estimate of drug-likeness (QED) is 0.569.